The van der Waals surface area contributed by atoms with E-state index in [1.165, 1.54) is 6.42 Å². The topological polar surface area (TPSA) is 74.6 Å². The minimum atomic E-state index is -0.421. The summed E-state index contributed by atoms with van der Waals surface area (Å²) >= 11 is 0. The zero-order chi connectivity index (χ0) is 17.4. The fourth-order valence-corrected chi connectivity index (χ4v) is 3.63. The first-order chi connectivity index (χ1) is 12.1. The quantitative estimate of drug-likeness (QED) is 0.862. The van der Waals surface area contributed by atoms with Crippen LogP contribution in [0.5, 0.6) is 0 Å². The molecule has 25 heavy (non-hydrogen) atoms. The molecule has 1 saturated heterocycles. The second-order valence-corrected chi connectivity index (χ2v) is 7.77. The van der Waals surface area contributed by atoms with Crippen LogP contribution >= 0.6 is 0 Å². The monoisotopic (exact) mass is 345 g/mol. The zero-order valence-corrected chi connectivity index (χ0v) is 14.8. The molecule has 2 saturated carbocycles. The average molecular weight is 345 g/mol. The first-order valence-corrected chi connectivity index (χ1v) is 9.55. The maximum atomic E-state index is 12.8. The number of rotatable bonds is 5. The molecule has 2 aliphatic carbocycles. The summed E-state index contributed by atoms with van der Waals surface area (Å²) in [5, 5.41) is 5.80. The van der Waals surface area contributed by atoms with Crippen LogP contribution in [-0.4, -0.2) is 35.5 Å². The molecule has 0 radical (unpaired) electrons. The van der Waals surface area contributed by atoms with Gasteiger partial charge in [0.1, 0.15) is 17.6 Å². The highest BCUT2D eigenvalue weighted by Crippen LogP contribution is 2.47. The molecular formula is C19H27N3O3. The van der Waals surface area contributed by atoms with E-state index in [0.717, 1.165) is 37.2 Å². The third-order valence-corrected chi connectivity index (χ3v) is 5.57. The summed E-state index contributed by atoms with van der Waals surface area (Å²) in [6.07, 6.45) is 5.87. The molecule has 1 aromatic heterocycles. The number of urea groups is 1. The number of nitrogens with zero attached hydrogens (tertiary/aromatic N) is 1. The van der Waals surface area contributed by atoms with E-state index in [-0.39, 0.29) is 18.0 Å². The summed E-state index contributed by atoms with van der Waals surface area (Å²) in [6, 6.07) is 3.73. The minimum absolute atomic E-state index is 0.0652. The van der Waals surface area contributed by atoms with Gasteiger partial charge < -0.3 is 20.0 Å². The van der Waals surface area contributed by atoms with Gasteiger partial charge >= 0.3 is 6.03 Å². The van der Waals surface area contributed by atoms with Crippen LogP contribution in [0.2, 0.25) is 0 Å². The summed E-state index contributed by atoms with van der Waals surface area (Å²) in [6.45, 7) is 3.41. The Morgan fingerprint density at radius 2 is 2.12 bits per heavy atom. The van der Waals surface area contributed by atoms with Crippen molar-refractivity contribution in [3.63, 3.8) is 0 Å². The summed E-state index contributed by atoms with van der Waals surface area (Å²) in [7, 11) is 0. The second kappa shape index (κ2) is 6.73. The van der Waals surface area contributed by atoms with Crippen molar-refractivity contribution in [1.29, 1.82) is 0 Å². The number of hydrogen-bond acceptors (Lipinski definition) is 3. The van der Waals surface area contributed by atoms with Crippen molar-refractivity contribution in [3.05, 3.63) is 23.7 Å². The van der Waals surface area contributed by atoms with Crippen LogP contribution in [0.25, 0.3) is 0 Å². The summed E-state index contributed by atoms with van der Waals surface area (Å²) in [5.74, 6) is 3.06. The predicted molar refractivity (Wildman–Crippen MR) is 93.0 cm³/mol. The highest BCUT2D eigenvalue weighted by Gasteiger charge is 2.38. The van der Waals surface area contributed by atoms with Crippen LogP contribution < -0.4 is 10.6 Å². The Morgan fingerprint density at radius 1 is 1.32 bits per heavy atom. The van der Waals surface area contributed by atoms with Crippen LogP contribution in [-0.2, 0) is 11.3 Å². The molecule has 0 unspecified atom stereocenters. The predicted octanol–water partition coefficient (Wildman–Crippen LogP) is 2.75. The molecule has 0 bridgehead atoms. The zero-order valence-electron chi connectivity index (χ0n) is 14.8. The van der Waals surface area contributed by atoms with Gasteiger partial charge in [0.05, 0.1) is 6.54 Å². The lowest BCUT2D eigenvalue weighted by atomic mass is 10.1. The third kappa shape index (κ3) is 3.83. The second-order valence-electron chi connectivity index (χ2n) is 7.77. The van der Waals surface area contributed by atoms with Crippen LogP contribution in [0.1, 0.15) is 62.9 Å². The molecule has 1 aromatic rings. The molecule has 3 amide bonds. The number of carbonyl (C=O) groups is 2. The molecule has 136 valence electrons. The molecule has 4 rings (SSSR count). The normalized spacial score (nSPS) is 28.8. The Kier molecular flexibility index (Phi) is 4.44. The highest BCUT2D eigenvalue weighted by atomic mass is 16.3. The highest BCUT2D eigenvalue weighted by molar-refractivity contribution is 5.87. The van der Waals surface area contributed by atoms with Crippen molar-refractivity contribution in [1.82, 2.24) is 15.5 Å². The number of amides is 3. The number of furan rings is 1. The van der Waals surface area contributed by atoms with Crippen LogP contribution in [0.15, 0.2) is 16.5 Å². The van der Waals surface area contributed by atoms with Gasteiger partial charge in [0.25, 0.3) is 0 Å². The van der Waals surface area contributed by atoms with Crippen molar-refractivity contribution in [2.75, 3.05) is 6.54 Å². The van der Waals surface area contributed by atoms with E-state index >= 15 is 0 Å². The minimum Gasteiger partial charge on any atom is -0.464 e. The lowest BCUT2D eigenvalue weighted by Crippen LogP contribution is -2.50. The molecule has 1 aliphatic heterocycles. The van der Waals surface area contributed by atoms with Gasteiger partial charge in [-0.15, -0.1) is 0 Å². The molecule has 3 aliphatic rings. The van der Waals surface area contributed by atoms with E-state index in [0.29, 0.717) is 31.3 Å². The van der Waals surface area contributed by atoms with Gasteiger partial charge in [-0.25, -0.2) is 4.79 Å². The lowest BCUT2D eigenvalue weighted by molar-refractivity contribution is -0.122. The molecule has 2 N–H and O–H groups in total. The maximum Gasteiger partial charge on any atom is 0.318 e. The Labute approximate surface area is 148 Å². The van der Waals surface area contributed by atoms with E-state index in [1.54, 1.807) is 0 Å². The van der Waals surface area contributed by atoms with Crippen molar-refractivity contribution < 1.29 is 14.0 Å². The molecular weight excluding hydrogens is 318 g/mol. The third-order valence-electron chi connectivity index (χ3n) is 5.57. The van der Waals surface area contributed by atoms with E-state index in [4.69, 9.17) is 4.42 Å². The standard InChI is InChI=1S/C19H27N3O3/c1-12-10-15(12)17-8-7-14(25-17)11-22(13-5-6-13)19(24)21-16-4-2-3-9-20-18(16)23/h7-8,12-13,15-16H,2-6,9-11H2,1H3,(H,20,23)(H,21,24)/t12-,15+,16+/m1/s1. The van der Waals surface area contributed by atoms with Crippen LogP contribution in [0.3, 0.4) is 0 Å². The van der Waals surface area contributed by atoms with Gasteiger partial charge in [0.15, 0.2) is 0 Å². The SMILES string of the molecule is C[C@@H]1C[C@@H]1c1ccc(CN(C(=O)N[C@H]2CCCCNC2=O)C2CC2)o1. The smallest absolute Gasteiger partial charge is 0.318 e. The van der Waals surface area contributed by atoms with Gasteiger partial charge in [0, 0.05) is 18.5 Å². The Morgan fingerprint density at radius 3 is 2.84 bits per heavy atom. The van der Waals surface area contributed by atoms with Crippen molar-refractivity contribution in [2.24, 2.45) is 5.92 Å². The molecule has 3 fully saturated rings. The summed E-state index contributed by atoms with van der Waals surface area (Å²) in [4.78, 5) is 26.7. The maximum absolute atomic E-state index is 12.8. The largest absolute Gasteiger partial charge is 0.464 e. The molecule has 0 aromatic carbocycles. The van der Waals surface area contributed by atoms with Gasteiger partial charge in [-0.3, -0.25) is 4.79 Å². The van der Waals surface area contributed by atoms with Gasteiger partial charge in [0.2, 0.25) is 5.91 Å². The Balaban J connectivity index is 1.39. The first-order valence-electron chi connectivity index (χ1n) is 9.55. The summed E-state index contributed by atoms with van der Waals surface area (Å²) in [5.41, 5.74) is 0. The van der Waals surface area contributed by atoms with E-state index in [2.05, 4.69) is 17.6 Å². The number of hydrogen-bond donors (Lipinski definition) is 2. The van der Waals surface area contributed by atoms with Gasteiger partial charge in [-0.2, -0.15) is 0 Å². The van der Waals surface area contributed by atoms with Gasteiger partial charge in [-0.1, -0.05) is 6.92 Å². The first kappa shape index (κ1) is 16.5. The van der Waals surface area contributed by atoms with E-state index in [9.17, 15) is 9.59 Å². The van der Waals surface area contributed by atoms with Crippen molar-refractivity contribution in [3.8, 4) is 0 Å². The molecule has 2 heterocycles. The Bertz CT molecular complexity index is 652. The number of nitrogens with one attached hydrogen (secondary N) is 2. The fraction of sp³-hybridized carbons (Fsp3) is 0.684. The molecule has 6 nitrogen and oxygen atoms in total. The summed E-state index contributed by atoms with van der Waals surface area (Å²) < 4.78 is 5.97. The lowest BCUT2D eigenvalue weighted by Gasteiger charge is -2.24. The molecule has 3 atom stereocenters. The van der Waals surface area contributed by atoms with Crippen molar-refractivity contribution >= 4 is 11.9 Å². The molecule has 0 spiro atoms. The van der Waals surface area contributed by atoms with E-state index in [1.807, 2.05) is 17.0 Å². The molecule has 6 heteroatoms. The van der Waals surface area contributed by atoms with Gasteiger partial charge in [-0.05, 0) is 56.6 Å². The number of carbonyl (C=O) groups excluding carboxylic acids is 2. The van der Waals surface area contributed by atoms with E-state index < -0.39 is 6.04 Å². The van der Waals surface area contributed by atoms with Crippen LogP contribution in [0.4, 0.5) is 4.79 Å². The van der Waals surface area contributed by atoms with Crippen LogP contribution in [0, 0.1) is 5.92 Å². The fourth-order valence-electron chi connectivity index (χ4n) is 3.63. The van der Waals surface area contributed by atoms with Crippen molar-refractivity contribution in [2.45, 2.75) is 70.0 Å². The average Bonchev–Trinajstić information content (AvgIpc) is 3.51. The Hall–Kier alpha value is -1.98.